The molecule has 0 radical (unpaired) electrons. The Balaban J connectivity index is 2.04. The van der Waals surface area contributed by atoms with Crippen LogP contribution in [0.5, 0.6) is 5.75 Å². The van der Waals surface area contributed by atoms with Crippen molar-refractivity contribution in [2.24, 2.45) is 0 Å². The van der Waals surface area contributed by atoms with Gasteiger partial charge in [0.05, 0.1) is 26.0 Å². The van der Waals surface area contributed by atoms with Crippen LogP contribution < -0.4 is 4.74 Å². The van der Waals surface area contributed by atoms with E-state index in [9.17, 15) is 10.1 Å². The molecule has 0 aliphatic heterocycles. The van der Waals surface area contributed by atoms with Crippen LogP contribution in [-0.4, -0.2) is 29.5 Å². The zero-order chi connectivity index (χ0) is 20.6. The van der Waals surface area contributed by atoms with Crippen molar-refractivity contribution in [1.29, 1.82) is 5.26 Å². The van der Waals surface area contributed by atoms with Crippen molar-refractivity contribution in [2.45, 2.75) is 13.5 Å². The van der Waals surface area contributed by atoms with Gasteiger partial charge in [-0.05, 0) is 42.8 Å². The number of methoxy groups -OCH3 is 1. The van der Waals surface area contributed by atoms with Gasteiger partial charge in [0.15, 0.2) is 0 Å². The quantitative estimate of drug-likeness (QED) is 0.347. The fourth-order valence-electron chi connectivity index (χ4n) is 2.87. The molecular formula is C23H21N3O3. The van der Waals surface area contributed by atoms with Gasteiger partial charge in [0, 0.05) is 17.3 Å². The van der Waals surface area contributed by atoms with Gasteiger partial charge >= 0.3 is 5.97 Å². The summed E-state index contributed by atoms with van der Waals surface area (Å²) in [6.07, 6.45) is 3.34. The van der Waals surface area contributed by atoms with E-state index in [1.807, 2.05) is 66.9 Å². The number of carbonyl (C=O) groups excluding carboxylic acids is 1. The molecule has 0 saturated heterocycles. The smallest absolute Gasteiger partial charge is 0.348 e. The van der Waals surface area contributed by atoms with Crippen LogP contribution in [0.2, 0.25) is 0 Å². The first kappa shape index (κ1) is 19.9. The monoisotopic (exact) mass is 387 g/mol. The lowest BCUT2D eigenvalue weighted by molar-refractivity contribution is -0.137. The number of rotatable bonds is 7. The third kappa shape index (κ3) is 4.90. The number of benzene rings is 2. The Morgan fingerprint density at radius 3 is 2.52 bits per heavy atom. The molecule has 146 valence electrons. The molecule has 0 aliphatic rings. The first-order valence-electron chi connectivity index (χ1n) is 9.19. The van der Waals surface area contributed by atoms with E-state index < -0.39 is 5.97 Å². The Morgan fingerprint density at radius 2 is 1.90 bits per heavy atom. The maximum atomic E-state index is 12.1. The molecule has 1 heterocycles. The van der Waals surface area contributed by atoms with Gasteiger partial charge in [0.2, 0.25) is 0 Å². The maximum absolute atomic E-state index is 12.1. The van der Waals surface area contributed by atoms with Gasteiger partial charge in [-0.1, -0.05) is 30.3 Å². The predicted molar refractivity (Wildman–Crippen MR) is 110 cm³/mol. The Hall–Kier alpha value is -3.85. The van der Waals surface area contributed by atoms with Gasteiger partial charge < -0.3 is 9.47 Å². The molecule has 3 aromatic rings. The Bertz CT molecular complexity index is 1050. The number of nitriles is 1. The minimum Gasteiger partial charge on any atom is -0.497 e. The minimum atomic E-state index is -0.647. The standard InChI is InChI=1S/C23H21N3O3/c1-3-29-23(27)19(14-24)13-20-16-26(15-17-7-5-4-6-8-17)25-22(20)18-9-11-21(28-2)12-10-18/h4-13,16H,3,15H2,1-2H3/b19-13+. The summed E-state index contributed by atoms with van der Waals surface area (Å²) < 4.78 is 12.0. The van der Waals surface area contributed by atoms with Crippen LogP contribution >= 0.6 is 0 Å². The first-order valence-corrected chi connectivity index (χ1v) is 9.19. The van der Waals surface area contributed by atoms with E-state index in [0.29, 0.717) is 17.8 Å². The molecule has 29 heavy (non-hydrogen) atoms. The summed E-state index contributed by atoms with van der Waals surface area (Å²) in [5, 5.41) is 14.1. The van der Waals surface area contributed by atoms with Crippen LogP contribution in [0.3, 0.4) is 0 Å². The van der Waals surface area contributed by atoms with Crippen LogP contribution in [-0.2, 0) is 16.1 Å². The van der Waals surface area contributed by atoms with Crippen LogP contribution in [0.25, 0.3) is 17.3 Å². The average molecular weight is 387 g/mol. The van der Waals surface area contributed by atoms with Crippen molar-refractivity contribution in [1.82, 2.24) is 9.78 Å². The summed E-state index contributed by atoms with van der Waals surface area (Å²) in [5.41, 5.74) is 3.21. The predicted octanol–water partition coefficient (Wildman–Crippen LogP) is 4.08. The van der Waals surface area contributed by atoms with Crippen LogP contribution in [0.4, 0.5) is 0 Å². The number of aromatic nitrogens is 2. The number of hydrogen-bond donors (Lipinski definition) is 0. The summed E-state index contributed by atoms with van der Waals surface area (Å²) >= 11 is 0. The molecule has 2 aromatic carbocycles. The molecule has 6 heteroatoms. The number of ether oxygens (including phenoxy) is 2. The molecule has 0 spiro atoms. The molecule has 0 amide bonds. The average Bonchev–Trinajstić information content (AvgIpc) is 3.15. The molecule has 0 fully saturated rings. The van der Waals surface area contributed by atoms with Gasteiger partial charge in [-0.25, -0.2) is 4.79 Å². The molecular weight excluding hydrogens is 366 g/mol. The topological polar surface area (TPSA) is 77.1 Å². The van der Waals surface area contributed by atoms with Crippen LogP contribution in [0.1, 0.15) is 18.1 Å². The van der Waals surface area contributed by atoms with E-state index in [-0.39, 0.29) is 12.2 Å². The third-order valence-electron chi connectivity index (χ3n) is 4.26. The molecule has 0 bridgehead atoms. The second-order valence-corrected chi connectivity index (χ2v) is 6.24. The zero-order valence-corrected chi connectivity index (χ0v) is 16.3. The van der Waals surface area contributed by atoms with Gasteiger partial charge in [0.25, 0.3) is 0 Å². The summed E-state index contributed by atoms with van der Waals surface area (Å²) in [5.74, 6) is 0.0882. The summed E-state index contributed by atoms with van der Waals surface area (Å²) in [6.45, 7) is 2.48. The third-order valence-corrected chi connectivity index (χ3v) is 4.26. The minimum absolute atomic E-state index is 0.0686. The second-order valence-electron chi connectivity index (χ2n) is 6.24. The normalized spacial score (nSPS) is 11.0. The lowest BCUT2D eigenvalue weighted by Crippen LogP contribution is -2.06. The van der Waals surface area contributed by atoms with E-state index in [1.165, 1.54) is 6.08 Å². The largest absolute Gasteiger partial charge is 0.497 e. The molecule has 1 aromatic heterocycles. The number of nitrogens with zero attached hydrogens (tertiary/aromatic N) is 3. The Morgan fingerprint density at radius 1 is 1.17 bits per heavy atom. The van der Waals surface area contributed by atoms with Crippen LogP contribution in [0, 0.1) is 11.3 Å². The molecule has 0 unspecified atom stereocenters. The highest BCUT2D eigenvalue weighted by Gasteiger charge is 2.15. The van der Waals surface area contributed by atoms with Crippen LogP contribution in [0.15, 0.2) is 66.4 Å². The van der Waals surface area contributed by atoms with Crippen molar-refractivity contribution < 1.29 is 14.3 Å². The van der Waals surface area contributed by atoms with Crippen molar-refractivity contribution in [3.05, 3.63) is 77.5 Å². The van der Waals surface area contributed by atoms with Crippen molar-refractivity contribution >= 4 is 12.0 Å². The lowest BCUT2D eigenvalue weighted by atomic mass is 10.1. The Labute approximate surface area is 169 Å². The summed E-state index contributed by atoms with van der Waals surface area (Å²) in [6, 6.07) is 19.3. The van der Waals surface area contributed by atoms with Gasteiger partial charge in [-0.3, -0.25) is 4.68 Å². The number of hydrogen-bond acceptors (Lipinski definition) is 5. The molecule has 0 saturated carbocycles. The van der Waals surface area contributed by atoms with Gasteiger partial charge in [-0.15, -0.1) is 0 Å². The van der Waals surface area contributed by atoms with E-state index in [1.54, 1.807) is 18.7 Å². The van der Waals surface area contributed by atoms with E-state index >= 15 is 0 Å². The lowest BCUT2D eigenvalue weighted by Gasteiger charge is -2.03. The molecule has 0 aliphatic carbocycles. The zero-order valence-electron chi connectivity index (χ0n) is 16.3. The second kappa shape index (κ2) is 9.38. The van der Waals surface area contributed by atoms with Gasteiger partial charge in [-0.2, -0.15) is 10.4 Å². The van der Waals surface area contributed by atoms with E-state index in [2.05, 4.69) is 0 Å². The van der Waals surface area contributed by atoms with Gasteiger partial charge in [0.1, 0.15) is 17.4 Å². The van der Waals surface area contributed by atoms with Crippen molar-refractivity contribution in [3.63, 3.8) is 0 Å². The maximum Gasteiger partial charge on any atom is 0.348 e. The number of esters is 1. The fraction of sp³-hybridized carbons (Fsp3) is 0.174. The van der Waals surface area contributed by atoms with Crippen molar-refractivity contribution in [2.75, 3.05) is 13.7 Å². The first-order chi connectivity index (χ1) is 14.1. The fourth-order valence-corrected chi connectivity index (χ4v) is 2.87. The van der Waals surface area contributed by atoms with E-state index in [0.717, 1.165) is 16.9 Å². The number of carbonyl (C=O) groups is 1. The highest BCUT2D eigenvalue weighted by Crippen LogP contribution is 2.26. The highest BCUT2D eigenvalue weighted by atomic mass is 16.5. The molecule has 0 N–H and O–H groups in total. The van der Waals surface area contributed by atoms with Crippen molar-refractivity contribution in [3.8, 4) is 23.1 Å². The molecule has 3 rings (SSSR count). The highest BCUT2D eigenvalue weighted by molar-refractivity contribution is 5.98. The van der Waals surface area contributed by atoms with E-state index in [4.69, 9.17) is 14.6 Å². The molecule has 6 nitrogen and oxygen atoms in total. The SMILES string of the molecule is CCOC(=O)/C(C#N)=C/c1cn(Cc2ccccc2)nc1-c1ccc(OC)cc1. The molecule has 0 atom stereocenters. The summed E-state index contributed by atoms with van der Waals surface area (Å²) in [4.78, 5) is 12.1. The Kier molecular flexibility index (Phi) is 6.43. The summed E-state index contributed by atoms with van der Waals surface area (Å²) in [7, 11) is 1.61.